The van der Waals surface area contributed by atoms with E-state index < -0.39 is 97.5 Å². The van der Waals surface area contributed by atoms with Gasteiger partial charge in [-0.25, -0.2) is 9.13 Å². The van der Waals surface area contributed by atoms with E-state index in [4.69, 9.17) is 37.0 Å². The van der Waals surface area contributed by atoms with Gasteiger partial charge < -0.3 is 33.8 Å². The Bertz CT molecular complexity index is 1910. The van der Waals surface area contributed by atoms with Crippen LogP contribution in [0.5, 0.6) is 0 Å². The Labute approximate surface area is 613 Å². The third-order valence-corrected chi connectivity index (χ3v) is 20.9. The standard InChI is InChI=1S/C81H158O17P2/c1-6-9-12-15-18-21-23-25-27-29-31-32-33-34-36-38-40-42-46-51-56-61-66-80(85)97-77(71-92-79(84)65-60-55-50-45-41-39-37-35-30-28-26-24-22-19-16-13-10-7-2)73-96-100(89,90)94-69-75(82)68-93-99(87,88)95-72-76(70-91-78(83)64-59-54-49-20-17-14-11-8-3)98-81(86)67-62-57-52-47-43-44-48-53-58-63-74(4)5/h74-77,82H,6-73H2,1-5H3,(H,87,88)(H,89,90)/t75-,76+,77+/m0/s1. The van der Waals surface area contributed by atoms with Crippen molar-refractivity contribution in [2.75, 3.05) is 39.6 Å². The lowest BCUT2D eigenvalue weighted by atomic mass is 10.0. The summed E-state index contributed by atoms with van der Waals surface area (Å²) in [6.45, 7) is 7.27. The predicted octanol–water partition coefficient (Wildman–Crippen LogP) is 24.4. The summed E-state index contributed by atoms with van der Waals surface area (Å²) in [5.41, 5.74) is 0. The summed E-state index contributed by atoms with van der Waals surface area (Å²) in [4.78, 5) is 72.9. The number of hydrogen-bond acceptors (Lipinski definition) is 15. The fraction of sp³-hybridized carbons (Fsp3) is 0.951. The number of phosphoric acid groups is 2. The second-order valence-corrected chi connectivity index (χ2v) is 32.5. The summed E-state index contributed by atoms with van der Waals surface area (Å²) >= 11 is 0. The van der Waals surface area contributed by atoms with E-state index in [9.17, 15) is 43.2 Å². The topological polar surface area (TPSA) is 237 Å². The van der Waals surface area contributed by atoms with E-state index in [0.29, 0.717) is 25.7 Å². The molecule has 19 heteroatoms. The van der Waals surface area contributed by atoms with Crippen LogP contribution >= 0.6 is 15.6 Å². The molecule has 0 fully saturated rings. The molecule has 0 bridgehead atoms. The summed E-state index contributed by atoms with van der Waals surface area (Å²) in [7, 11) is -9.91. The summed E-state index contributed by atoms with van der Waals surface area (Å²) in [5.74, 6) is -1.38. The molecule has 0 aliphatic rings. The normalized spacial score (nSPS) is 13.8. The van der Waals surface area contributed by atoms with Crippen molar-refractivity contribution < 1.29 is 80.2 Å². The summed E-state index contributed by atoms with van der Waals surface area (Å²) < 4.78 is 68.6. The van der Waals surface area contributed by atoms with Crippen molar-refractivity contribution in [3.05, 3.63) is 0 Å². The van der Waals surface area contributed by atoms with E-state index in [-0.39, 0.29) is 25.7 Å². The Morgan fingerprint density at radius 2 is 0.460 bits per heavy atom. The number of carbonyl (C=O) groups is 4. The lowest BCUT2D eigenvalue weighted by Gasteiger charge is -2.21. The highest BCUT2D eigenvalue weighted by molar-refractivity contribution is 7.47. The van der Waals surface area contributed by atoms with Gasteiger partial charge in [-0.05, 0) is 31.6 Å². The molecule has 0 spiro atoms. The smallest absolute Gasteiger partial charge is 0.462 e. The molecule has 0 radical (unpaired) electrons. The second kappa shape index (κ2) is 73.9. The van der Waals surface area contributed by atoms with Gasteiger partial charge in [0.1, 0.15) is 19.3 Å². The Kier molecular flexibility index (Phi) is 72.5. The summed E-state index contributed by atoms with van der Waals surface area (Å²) in [6.07, 6.45) is 65.5. The van der Waals surface area contributed by atoms with Crippen molar-refractivity contribution >= 4 is 39.5 Å². The molecule has 3 N–H and O–H groups in total. The molecule has 17 nitrogen and oxygen atoms in total. The minimum atomic E-state index is -4.96. The molecule has 0 aromatic rings. The average molecular weight is 1470 g/mol. The molecule has 5 atom stereocenters. The first kappa shape index (κ1) is 98.1. The van der Waals surface area contributed by atoms with Crippen LogP contribution in [0.1, 0.15) is 433 Å². The minimum Gasteiger partial charge on any atom is -0.462 e. The number of ether oxygens (including phenoxy) is 4. The van der Waals surface area contributed by atoms with Gasteiger partial charge >= 0.3 is 39.5 Å². The number of unbranched alkanes of at least 4 members (excludes halogenated alkanes) is 53. The zero-order valence-electron chi connectivity index (χ0n) is 65.3. The third kappa shape index (κ3) is 74.3. The van der Waals surface area contributed by atoms with Crippen molar-refractivity contribution in [1.29, 1.82) is 0 Å². The zero-order valence-corrected chi connectivity index (χ0v) is 67.1. The monoisotopic (exact) mass is 1470 g/mol. The first-order valence-electron chi connectivity index (χ1n) is 42.1. The van der Waals surface area contributed by atoms with E-state index in [1.807, 2.05) is 0 Å². The number of hydrogen-bond donors (Lipinski definition) is 3. The predicted molar refractivity (Wildman–Crippen MR) is 409 cm³/mol. The van der Waals surface area contributed by atoms with Gasteiger partial charge in [-0.2, -0.15) is 0 Å². The maximum atomic E-state index is 13.1. The lowest BCUT2D eigenvalue weighted by molar-refractivity contribution is -0.161. The molecule has 0 aromatic heterocycles. The molecule has 0 aliphatic heterocycles. The summed E-state index contributed by atoms with van der Waals surface area (Å²) in [6, 6.07) is 0. The van der Waals surface area contributed by atoms with Crippen LogP contribution in [0.2, 0.25) is 0 Å². The number of aliphatic hydroxyl groups excluding tert-OH is 1. The van der Waals surface area contributed by atoms with Crippen molar-refractivity contribution in [1.82, 2.24) is 0 Å². The van der Waals surface area contributed by atoms with Gasteiger partial charge in [-0.15, -0.1) is 0 Å². The van der Waals surface area contributed by atoms with Crippen LogP contribution in [0, 0.1) is 5.92 Å². The van der Waals surface area contributed by atoms with Gasteiger partial charge in [-0.1, -0.05) is 381 Å². The second-order valence-electron chi connectivity index (χ2n) is 29.6. The number of phosphoric ester groups is 2. The van der Waals surface area contributed by atoms with Crippen molar-refractivity contribution in [3.63, 3.8) is 0 Å². The minimum absolute atomic E-state index is 0.106. The molecule has 0 amide bonds. The van der Waals surface area contributed by atoms with Gasteiger partial charge in [0.05, 0.1) is 26.4 Å². The van der Waals surface area contributed by atoms with Crippen LogP contribution in [0.3, 0.4) is 0 Å². The highest BCUT2D eigenvalue weighted by Gasteiger charge is 2.30. The van der Waals surface area contributed by atoms with Crippen LogP contribution in [-0.4, -0.2) is 96.7 Å². The van der Waals surface area contributed by atoms with Crippen LogP contribution < -0.4 is 0 Å². The van der Waals surface area contributed by atoms with Gasteiger partial charge in [0.15, 0.2) is 12.2 Å². The van der Waals surface area contributed by atoms with Gasteiger partial charge in [-0.3, -0.25) is 37.3 Å². The molecule has 0 aromatic carbocycles. The maximum Gasteiger partial charge on any atom is 0.472 e. The fourth-order valence-electron chi connectivity index (χ4n) is 12.6. The Balaban J connectivity index is 5.17. The summed E-state index contributed by atoms with van der Waals surface area (Å²) in [5, 5.41) is 10.6. The lowest BCUT2D eigenvalue weighted by Crippen LogP contribution is -2.30. The first-order chi connectivity index (χ1) is 48.5. The van der Waals surface area contributed by atoms with E-state index in [1.54, 1.807) is 0 Å². The Morgan fingerprint density at radius 3 is 0.680 bits per heavy atom. The maximum absolute atomic E-state index is 13.1. The van der Waals surface area contributed by atoms with E-state index in [2.05, 4.69) is 34.6 Å². The van der Waals surface area contributed by atoms with Gasteiger partial charge in [0, 0.05) is 25.7 Å². The van der Waals surface area contributed by atoms with Gasteiger partial charge in [0.25, 0.3) is 0 Å². The largest absolute Gasteiger partial charge is 0.472 e. The van der Waals surface area contributed by atoms with E-state index in [0.717, 1.165) is 102 Å². The van der Waals surface area contributed by atoms with Crippen LogP contribution in [0.25, 0.3) is 0 Å². The number of aliphatic hydroxyl groups is 1. The quantitative estimate of drug-likeness (QED) is 0.0222. The zero-order chi connectivity index (χ0) is 73.4. The van der Waals surface area contributed by atoms with E-state index in [1.165, 1.54) is 250 Å². The highest BCUT2D eigenvalue weighted by Crippen LogP contribution is 2.45. The highest BCUT2D eigenvalue weighted by atomic mass is 31.2. The molecule has 0 rings (SSSR count). The molecular formula is C81H158O17P2. The molecule has 0 saturated carbocycles. The Morgan fingerprint density at radius 1 is 0.270 bits per heavy atom. The van der Waals surface area contributed by atoms with Crippen molar-refractivity contribution in [2.24, 2.45) is 5.92 Å². The number of rotatable bonds is 81. The van der Waals surface area contributed by atoms with Crippen LogP contribution in [-0.2, 0) is 65.4 Å². The molecule has 2 unspecified atom stereocenters. The number of esters is 4. The molecule has 594 valence electrons. The third-order valence-electron chi connectivity index (χ3n) is 19.0. The van der Waals surface area contributed by atoms with Crippen LogP contribution in [0.15, 0.2) is 0 Å². The van der Waals surface area contributed by atoms with Gasteiger partial charge in [0.2, 0.25) is 0 Å². The molecule has 0 aliphatic carbocycles. The SMILES string of the molecule is CCCCCCCCCCCCCCCCCCCCCCCCC(=O)O[C@H](COC(=O)CCCCCCCCCCCCCCCCCCCC)COP(=O)(O)OC[C@@H](O)COP(=O)(O)OC[C@@H](COC(=O)CCCCCCCCCC)OC(=O)CCCCCCCCCCCC(C)C. The molecule has 0 heterocycles. The first-order valence-corrected chi connectivity index (χ1v) is 45.1. The number of carbonyl (C=O) groups excluding carboxylic acids is 4. The van der Waals surface area contributed by atoms with Crippen molar-refractivity contribution in [3.8, 4) is 0 Å². The van der Waals surface area contributed by atoms with Crippen molar-refractivity contribution in [2.45, 2.75) is 451 Å². The average Bonchev–Trinajstić information content (AvgIpc) is 1.23. The Hall–Kier alpha value is -1.94. The van der Waals surface area contributed by atoms with Crippen LogP contribution in [0.4, 0.5) is 0 Å². The van der Waals surface area contributed by atoms with E-state index >= 15 is 0 Å². The molecule has 100 heavy (non-hydrogen) atoms. The fourth-order valence-corrected chi connectivity index (χ4v) is 14.2. The molecular weight excluding hydrogens is 1310 g/mol. The molecule has 0 saturated heterocycles.